The van der Waals surface area contributed by atoms with Crippen molar-refractivity contribution < 1.29 is 66.5 Å². The first-order valence-corrected chi connectivity index (χ1v) is 28.2. The molecule has 0 aliphatic heterocycles. The van der Waals surface area contributed by atoms with Crippen molar-refractivity contribution in [3.63, 3.8) is 0 Å². The number of hydrogen-bond acceptors (Lipinski definition) is 21. The van der Waals surface area contributed by atoms with Crippen LogP contribution in [0.5, 0.6) is 11.5 Å². The summed E-state index contributed by atoms with van der Waals surface area (Å²) in [6.07, 6.45) is 1.01. The summed E-state index contributed by atoms with van der Waals surface area (Å²) >= 11 is 25.2. The zero-order chi connectivity index (χ0) is 53.0. The number of nitrogens with zero attached hydrogens (tertiary/aromatic N) is 8. The Bertz CT molecular complexity index is 3100. The molecule has 4 aromatic carbocycles. The molecule has 0 saturated carbocycles. The Morgan fingerprint density at radius 1 is 0.569 bits per heavy atom. The molecular formula is C39H42Cl4N10O15S4. The van der Waals surface area contributed by atoms with E-state index in [-0.39, 0.29) is 123 Å². The normalized spacial score (nSPS) is 12.4. The van der Waals surface area contributed by atoms with Crippen LogP contribution >= 0.6 is 46.4 Å². The molecule has 5 aromatic rings. The fourth-order valence-corrected chi connectivity index (χ4v) is 9.24. The molecule has 7 N–H and O–H groups in total. The van der Waals surface area contributed by atoms with Gasteiger partial charge in [0.05, 0.1) is 74.2 Å². The summed E-state index contributed by atoms with van der Waals surface area (Å²) in [4.78, 5) is 14.0. The van der Waals surface area contributed by atoms with Gasteiger partial charge in [-0.05, 0) is 67.8 Å². The highest BCUT2D eigenvalue weighted by Gasteiger charge is 2.21. The zero-order valence-electron chi connectivity index (χ0n) is 37.1. The second-order valence-corrected chi connectivity index (χ2v) is 22.3. The van der Waals surface area contributed by atoms with Crippen molar-refractivity contribution >= 4 is 139 Å². The van der Waals surface area contributed by atoms with Crippen molar-refractivity contribution in [1.29, 1.82) is 0 Å². The molecule has 390 valence electrons. The van der Waals surface area contributed by atoms with Crippen LogP contribution < -0.4 is 25.0 Å². The molecule has 0 saturated heterocycles. The van der Waals surface area contributed by atoms with Crippen LogP contribution in [0, 0.1) is 0 Å². The Balaban J connectivity index is 1.60. The summed E-state index contributed by atoms with van der Waals surface area (Å²) in [6.45, 7) is 1.47. The minimum atomic E-state index is -4.74. The number of benzene rings is 4. The van der Waals surface area contributed by atoms with Crippen molar-refractivity contribution in [2.24, 2.45) is 20.5 Å². The molecule has 33 heteroatoms. The molecule has 0 spiro atoms. The lowest BCUT2D eigenvalue weighted by atomic mass is 10.2. The second-order valence-electron chi connectivity index (χ2n) is 14.8. The largest absolute Gasteiger partial charge is 0.491 e. The Labute approximate surface area is 432 Å². The molecule has 0 bridgehead atoms. The van der Waals surface area contributed by atoms with Crippen LogP contribution in [0.15, 0.2) is 90.9 Å². The first kappa shape index (κ1) is 57.7. The summed E-state index contributed by atoms with van der Waals surface area (Å²) in [5, 5.41) is 31.5. The van der Waals surface area contributed by atoms with Gasteiger partial charge >= 0.3 is 0 Å². The van der Waals surface area contributed by atoms with E-state index in [9.17, 15) is 57.0 Å². The van der Waals surface area contributed by atoms with E-state index in [1.807, 2.05) is 6.92 Å². The van der Waals surface area contributed by atoms with Crippen LogP contribution in [0.2, 0.25) is 20.1 Å². The minimum Gasteiger partial charge on any atom is -0.491 e. The van der Waals surface area contributed by atoms with Crippen molar-refractivity contribution in [2.75, 3.05) is 59.9 Å². The number of aliphatic hydroxyl groups excluding tert-OH is 1. The molecule has 0 fully saturated rings. The van der Waals surface area contributed by atoms with Crippen LogP contribution in [0.3, 0.4) is 0 Å². The smallest absolute Gasteiger partial charge is 0.296 e. The molecule has 5 rings (SSSR count). The third kappa shape index (κ3) is 17.8. The van der Waals surface area contributed by atoms with Crippen LogP contribution in [0.25, 0.3) is 0 Å². The van der Waals surface area contributed by atoms with Crippen LogP contribution in [-0.2, 0) is 40.5 Å². The minimum absolute atomic E-state index is 0.0243. The van der Waals surface area contributed by atoms with Crippen LogP contribution in [-0.4, -0.2) is 116 Å². The fraction of sp³-hybridized carbons (Fsp3) is 0.308. The van der Waals surface area contributed by atoms with Gasteiger partial charge in [-0.25, -0.2) is 0 Å². The van der Waals surface area contributed by atoms with E-state index in [0.717, 1.165) is 18.6 Å². The van der Waals surface area contributed by atoms with E-state index < -0.39 is 61.8 Å². The van der Waals surface area contributed by atoms with Crippen molar-refractivity contribution in [1.82, 2.24) is 15.0 Å². The van der Waals surface area contributed by atoms with Crippen molar-refractivity contribution in [3.05, 3.63) is 80.8 Å². The number of halogens is 4. The second kappa shape index (κ2) is 25.2. The Kier molecular flexibility index (Phi) is 20.2. The summed E-state index contributed by atoms with van der Waals surface area (Å²) in [5.74, 6) is -1.75. The molecular weight excluding hydrogens is 1120 g/mol. The van der Waals surface area contributed by atoms with E-state index >= 15 is 0 Å². The monoisotopic (exact) mass is 1160 g/mol. The maximum Gasteiger partial charge on any atom is 0.296 e. The maximum atomic E-state index is 11.8. The molecule has 72 heavy (non-hydrogen) atoms. The topological polar surface area (TPSA) is 372 Å². The van der Waals surface area contributed by atoms with E-state index in [4.69, 9.17) is 55.9 Å². The average molecular weight is 1160 g/mol. The predicted molar refractivity (Wildman–Crippen MR) is 267 cm³/mol. The lowest BCUT2D eigenvalue weighted by molar-refractivity contribution is 0.301. The van der Waals surface area contributed by atoms with Gasteiger partial charge < -0.3 is 30.1 Å². The lowest BCUT2D eigenvalue weighted by Crippen LogP contribution is -2.30. The van der Waals surface area contributed by atoms with Gasteiger partial charge in [-0.2, -0.15) is 58.9 Å². The SMILES string of the molecule is CCCCN(CCO)c1nc(Nc2cc(Cl)c(N=Nc3ccc(Cl)c(S(=O)(=O)O)c3)cc2OCCCS(=O)(=O)O)nc(Nc2cc(Cl)c(N=Nc3ccc(Cl)c(S(=O)(=O)O)c3)cc2OCCCS(=O)(=O)O)n1. The van der Waals surface area contributed by atoms with E-state index in [2.05, 4.69) is 46.0 Å². The van der Waals surface area contributed by atoms with Crippen LogP contribution in [0.4, 0.5) is 52.0 Å². The first-order valence-electron chi connectivity index (χ1n) is 20.6. The third-order valence-electron chi connectivity index (χ3n) is 9.19. The molecule has 0 aliphatic carbocycles. The van der Waals surface area contributed by atoms with Gasteiger partial charge in [-0.3, -0.25) is 18.2 Å². The van der Waals surface area contributed by atoms with Gasteiger partial charge in [0.1, 0.15) is 32.7 Å². The Hall–Kier alpha value is -5.15. The molecule has 0 amide bonds. The predicted octanol–water partition coefficient (Wildman–Crippen LogP) is 9.21. The Morgan fingerprint density at radius 3 is 1.38 bits per heavy atom. The number of azo groups is 2. The highest BCUT2D eigenvalue weighted by Crippen LogP contribution is 2.41. The van der Waals surface area contributed by atoms with E-state index in [0.29, 0.717) is 13.0 Å². The van der Waals surface area contributed by atoms with E-state index in [1.165, 1.54) is 48.5 Å². The number of hydrogen-bond donors (Lipinski definition) is 7. The molecule has 1 aromatic heterocycles. The number of aliphatic hydroxyl groups is 1. The maximum absolute atomic E-state index is 11.8. The molecule has 0 atom stereocenters. The summed E-state index contributed by atoms with van der Waals surface area (Å²) in [5.41, 5.74) is -0.111. The van der Waals surface area contributed by atoms with Crippen LogP contribution in [0.1, 0.15) is 32.6 Å². The number of nitrogens with one attached hydrogen (secondary N) is 2. The average Bonchev–Trinajstić information content (AvgIpc) is 3.27. The highest BCUT2D eigenvalue weighted by molar-refractivity contribution is 7.86. The van der Waals surface area contributed by atoms with Gasteiger partial charge in [-0.1, -0.05) is 59.7 Å². The molecule has 0 radical (unpaired) electrons. The van der Waals surface area contributed by atoms with Gasteiger partial charge in [0, 0.05) is 25.2 Å². The van der Waals surface area contributed by atoms with E-state index in [1.54, 1.807) is 4.90 Å². The number of aromatic nitrogens is 3. The number of ether oxygens (including phenoxy) is 2. The lowest BCUT2D eigenvalue weighted by Gasteiger charge is -2.23. The van der Waals surface area contributed by atoms with Crippen molar-refractivity contribution in [3.8, 4) is 11.5 Å². The first-order chi connectivity index (χ1) is 33.7. The fourth-order valence-electron chi connectivity index (χ4n) is 5.89. The number of rotatable bonds is 26. The molecule has 25 nitrogen and oxygen atoms in total. The molecule has 0 unspecified atom stereocenters. The molecule has 0 aliphatic rings. The van der Waals surface area contributed by atoms with Crippen molar-refractivity contribution in [2.45, 2.75) is 42.4 Å². The van der Waals surface area contributed by atoms with Gasteiger partial charge in [-0.15, -0.1) is 10.2 Å². The summed E-state index contributed by atoms with van der Waals surface area (Å²) in [6, 6.07) is 12.1. The van der Waals surface area contributed by atoms with Gasteiger partial charge in [0.2, 0.25) is 17.8 Å². The number of unbranched alkanes of at least 4 members (excludes halogenated alkanes) is 1. The summed E-state index contributed by atoms with van der Waals surface area (Å²) in [7, 11) is -18.2. The standard InChI is InChI=1S/C39H42Cl4N10O15S4/c1-2-3-10-53(11-12-54)39-47-37(44-31-19-27(42)29(21-33(31)67-13-4-15-69(55,56)57)51-49-23-6-8-25(40)35(17-23)71(61,62)63)46-38(48-39)45-32-20-28(43)30(22-34(32)68-14-5-16-70(58,59)60)52-50-24-7-9-26(41)36(18-24)72(64,65)66/h6-9,17-22,54H,2-5,10-16H2,1H3,(H,55,56,57)(H,58,59,60)(H,61,62,63)(H,64,65,66)(H2,44,45,46,47,48). The number of anilines is 5. The Morgan fingerprint density at radius 2 is 1.00 bits per heavy atom. The summed E-state index contributed by atoms with van der Waals surface area (Å²) < 4.78 is 143. The zero-order valence-corrected chi connectivity index (χ0v) is 43.4. The third-order valence-corrected chi connectivity index (χ3v) is 14.1. The van der Waals surface area contributed by atoms with Gasteiger partial charge in [0.25, 0.3) is 40.5 Å². The van der Waals surface area contributed by atoms with Gasteiger partial charge in [0.15, 0.2) is 0 Å². The molecule has 1 heterocycles. The quantitative estimate of drug-likeness (QED) is 0.0154. The highest BCUT2D eigenvalue weighted by atomic mass is 35.5.